The first kappa shape index (κ1) is 12.3. The second-order valence-corrected chi connectivity index (χ2v) is 4.21. The predicted molar refractivity (Wildman–Crippen MR) is 69.1 cm³/mol. The number of aliphatic imine (C=N–C) groups is 1. The minimum atomic E-state index is -1.04. The monoisotopic (exact) mass is 262 g/mol. The van der Waals surface area contributed by atoms with Gasteiger partial charge in [0.05, 0.1) is 5.51 Å². The Balaban J connectivity index is 2.25. The van der Waals surface area contributed by atoms with E-state index in [1.54, 1.807) is 31.5 Å². The normalized spacial score (nSPS) is 10.7. The van der Waals surface area contributed by atoms with E-state index in [0.29, 0.717) is 5.75 Å². The summed E-state index contributed by atoms with van der Waals surface area (Å²) in [5.74, 6) is -0.405. The number of aromatic nitrogens is 1. The van der Waals surface area contributed by atoms with E-state index in [9.17, 15) is 4.79 Å². The third kappa shape index (κ3) is 2.72. The zero-order valence-electron chi connectivity index (χ0n) is 9.53. The molecule has 1 N–H and O–H groups in total. The number of hydrogen-bond donors (Lipinski definition) is 1. The molecular weight excluding hydrogens is 252 g/mol. The number of aromatic carboxylic acids is 1. The van der Waals surface area contributed by atoms with E-state index in [2.05, 4.69) is 9.98 Å². The number of benzene rings is 1. The van der Waals surface area contributed by atoms with Crippen LogP contribution in [0.1, 0.15) is 15.2 Å². The van der Waals surface area contributed by atoms with Crippen LogP contribution in [-0.2, 0) is 0 Å². The average Bonchev–Trinajstić information content (AvgIpc) is 2.78. The first-order valence-electron chi connectivity index (χ1n) is 5.07. The first-order valence-corrected chi connectivity index (χ1v) is 5.95. The second-order valence-electron chi connectivity index (χ2n) is 3.35. The zero-order chi connectivity index (χ0) is 13.0. The summed E-state index contributed by atoms with van der Waals surface area (Å²) in [4.78, 5) is 18.8. The van der Waals surface area contributed by atoms with Crippen LogP contribution in [0.3, 0.4) is 0 Å². The second kappa shape index (κ2) is 5.42. The van der Waals surface area contributed by atoms with Gasteiger partial charge >= 0.3 is 5.97 Å². The van der Waals surface area contributed by atoms with Crippen LogP contribution in [0.5, 0.6) is 11.6 Å². The molecule has 0 radical (unpaired) electrons. The van der Waals surface area contributed by atoms with Crippen molar-refractivity contribution in [3.63, 3.8) is 0 Å². The average molecular weight is 262 g/mol. The van der Waals surface area contributed by atoms with Crippen molar-refractivity contribution in [2.75, 3.05) is 7.05 Å². The highest BCUT2D eigenvalue weighted by atomic mass is 32.1. The van der Waals surface area contributed by atoms with Crippen molar-refractivity contribution < 1.29 is 14.6 Å². The van der Waals surface area contributed by atoms with Gasteiger partial charge in [0, 0.05) is 13.3 Å². The lowest BCUT2D eigenvalue weighted by atomic mass is 10.2. The summed E-state index contributed by atoms with van der Waals surface area (Å²) in [6.45, 7) is 0. The largest absolute Gasteiger partial charge is 0.477 e. The number of carboxylic acids is 1. The number of thiazole rings is 1. The number of rotatable bonds is 4. The van der Waals surface area contributed by atoms with Crippen molar-refractivity contribution in [1.82, 2.24) is 4.98 Å². The Bertz CT molecular complexity index is 593. The maximum atomic E-state index is 10.9. The number of carbonyl (C=O) groups is 1. The summed E-state index contributed by atoms with van der Waals surface area (Å²) < 4.78 is 5.45. The van der Waals surface area contributed by atoms with Crippen molar-refractivity contribution in [1.29, 1.82) is 0 Å². The Hall–Kier alpha value is -2.21. The van der Waals surface area contributed by atoms with Crippen LogP contribution >= 0.6 is 11.3 Å². The lowest BCUT2D eigenvalue weighted by molar-refractivity contribution is 0.0699. The minimum absolute atomic E-state index is 0.0876. The molecule has 0 aliphatic carbocycles. The fourth-order valence-electron chi connectivity index (χ4n) is 1.37. The topological polar surface area (TPSA) is 71.8 Å². The first-order chi connectivity index (χ1) is 8.70. The molecule has 0 saturated carbocycles. The smallest absolute Gasteiger partial charge is 0.351 e. The van der Waals surface area contributed by atoms with E-state index in [4.69, 9.17) is 9.84 Å². The van der Waals surface area contributed by atoms with Crippen LogP contribution in [0.15, 0.2) is 34.8 Å². The number of ether oxygens (including phenoxy) is 1. The highest BCUT2D eigenvalue weighted by Gasteiger charge is 2.15. The molecule has 1 heterocycles. The van der Waals surface area contributed by atoms with E-state index in [1.165, 1.54) is 5.51 Å². The maximum absolute atomic E-state index is 10.9. The van der Waals surface area contributed by atoms with E-state index in [0.717, 1.165) is 16.9 Å². The summed E-state index contributed by atoms with van der Waals surface area (Å²) in [7, 11) is 1.68. The van der Waals surface area contributed by atoms with E-state index in [1.807, 2.05) is 6.07 Å². The standard InChI is InChI=1S/C12H10N2O3S/c1-13-6-8-3-2-4-9(5-8)17-11-10(12(15)16)18-7-14-11/h2-7H,1H3,(H,15,16). The van der Waals surface area contributed by atoms with Gasteiger partial charge in [-0.2, -0.15) is 0 Å². The van der Waals surface area contributed by atoms with E-state index >= 15 is 0 Å². The van der Waals surface area contributed by atoms with Gasteiger partial charge in [-0.1, -0.05) is 12.1 Å². The molecule has 0 saturated heterocycles. The molecule has 92 valence electrons. The Labute approximate surface area is 107 Å². The van der Waals surface area contributed by atoms with Crippen molar-refractivity contribution in [2.24, 2.45) is 4.99 Å². The van der Waals surface area contributed by atoms with Gasteiger partial charge in [0.2, 0.25) is 5.88 Å². The third-order valence-corrected chi connectivity index (χ3v) is 2.88. The Morgan fingerprint density at radius 3 is 3.11 bits per heavy atom. The molecule has 0 amide bonds. The van der Waals surface area contributed by atoms with Crippen LogP contribution in [0.2, 0.25) is 0 Å². The molecule has 0 aliphatic rings. The van der Waals surface area contributed by atoms with Crippen LogP contribution in [-0.4, -0.2) is 29.3 Å². The van der Waals surface area contributed by atoms with Crippen LogP contribution < -0.4 is 4.74 Å². The predicted octanol–water partition coefficient (Wildman–Crippen LogP) is 2.68. The molecule has 0 unspecified atom stereocenters. The van der Waals surface area contributed by atoms with Crippen molar-refractivity contribution >= 4 is 23.5 Å². The number of carboxylic acid groups (broad SMARTS) is 1. The summed E-state index contributed by atoms with van der Waals surface area (Å²) in [6.07, 6.45) is 1.69. The van der Waals surface area contributed by atoms with Gasteiger partial charge in [-0.05, 0) is 17.7 Å². The molecule has 0 aliphatic heterocycles. The van der Waals surface area contributed by atoms with Gasteiger partial charge < -0.3 is 9.84 Å². The lowest BCUT2D eigenvalue weighted by Gasteiger charge is -2.04. The number of nitrogens with zero attached hydrogens (tertiary/aromatic N) is 2. The molecule has 0 spiro atoms. The van der Waals surface area contributed by atoms with Crippen molar-refractivity contribution in [3.05, 3.63) is 40.2 Å². The van der Waals surface area contributed by atoms with Crippen LogP contribution in [0.25, 0.3) is 0 Å². The quantitative estimate of drug-likeness (QED) is 0.860. The van der Waals surface area contributed by atoms with Gasteiger partial charge in [0.25, 0.3) is 0 Å². The lowest BCUT2D eigenvalue weighted by Crippen LogP contribution is -1.96. The number of hydrogen-bond acceptors (Lipinski definition) is 5. The Kier molecular flexibility index (Phi) is 3.69. The van der Waals surface area contributed by atoms with E-state index < -0.39 is 5.97 Å². The fourth-order valence-corrected chi connectivity index (χ4v) is 1.92. The molecule has 2 aromatic rings. The molecule has 6 heteroatoms. The van der Waals surface area contributed by atoms with Crippen LogP contribution in [0.4, 0.5) is 0 Å². The van der Waals surface area contributed by atoms with Gasteiger partial charge in [-0.25, -0.2) is 9.78 Å². The highest BCUT2D eigenvalue weighted by Crippen LogP contribution is 2.26. The fraction of sp³-hybridized carbons (Fsp3) is 0.0833. The van der Waals surface area contributed by atoms with Gasteiger partial charge in [0.15, 0.2) is 4.88 Å². The molecule has 18 heavy (non-hydrogen) atoms. The van der Waals surface area contributed by atoms with Crippen molar-refractivity contribution in [2.45, 2.75) is 0 Å². The third-order valence-electron chi connectivity index (χ3n) is 2.08. The SMILES string of the molecule is CN=Cc1cccc(Oc2ncsc2C(=O)O)c1. The molecule has 0 atom stereocenters. The van der Waals surface area contributed by atoms with Gasteiger partial charge in [-0.15, -0.1) is 11.3 Å². The zero-order valence-corrected chi connectivity index (χ0v) is 10.3. The Morgan fingerprint density at radius 1 is 1.56 bits per heavy atom. The van der Waals surface area contributed by atoms with Gasteiger partial charge in [-0.3, -0.25) is 4.99 Å². The van der Waals surface area contributed by atoms with Crippen molar-refractivity contribution in [3.8, 4) is 11.6 Å². The molecule has 0 fully saturated rings. The molecule has 5 nitrogen and oxygen atoms in total. The molecular formula is C12H10N2O3S. The summed E-state index contributed by atoms with van der Waals surface area (Å²) >= 11 is 1.03. The van der Waals surface area contributed by atoms with Crippen LogP contribution in [0, 0.1) is 0 Å². The summed E-state index contributed by atoms with van der Waals surface area (Å²) in [5.41, 5.74) is 2.32. The summed E-state index contributed by atoms with van der Waals surface area (Å²) in [5, 5.41) is 8.94. The minimum Gasteiger partial charge on any atom is -0.477 e. The molecule has 1 aromatic carbocycles. The maximum Gasteiger partial charge on any atom is 0.351 e. The summed E-state index contributed by atoms with van der Waals surface area (Å²) in [6, 6.07) is 7.17. The Morgan fingerprint density at radius 2 is 2.39 bits per heavy atom. The van der Waals surface area contributed by atoms with Gasteiger partial charge in [0.1, 0.15) is 5.75 Å². The molecule has 2 rings (SSSR count). The molecule has 0 bridgehead atoms. The molecule has 1 aromatic heterocycles. The highest BCUT2D eigenvalue weighted by molar-refractivity contribution is 7.12. The van der Waals surface area contributed by atoms with E-state index in [-0.39, 0.29) is 10.8 Å².